The summed E-state index contributed by atoms with van der Waals surface area (Å²) in [4.78, 5) is 24.7. The maximum atomic E-state index is 12.3. The van der Waals surface area contributed by atoms with Gasteiger partial charge in [0.05, 0.1) is 16.9 Å². The zero-order valence-corrected chi connectivity index (χ0v) is 11.8. The van der Waals surface area contributed by atoms with Crippen LogP contribution in [0.5, 0.6) is 0 Å². The Morgan fingerprint density at radius 2 is 2.10 bits per heavy atom. The van der Waals surface area contributed by atoms with Crippen molar-refractivity contribution in [3.05, 3.63) is 12.2 Å². The molecule has 8 atom stereocenters. The predicted molar refractivity (Wildman–Crippen MR) is 66.8 cm³/mol. The smallest absolute Gasteiger partial charge is 0.342 e. The molecule has 2 aliphatic carbocycles. The zero-order valence-electron chi connectivity index (χ0n) is 11.8. The second-order valence-corrected chi connectivity index (χ2v) is 7.25. The van der Waals surface area contributed by atoms with Crippen molar-refractivity contribution in [2.75, 3.05) is 0 Å². The van der Waals surface area contributed by atoms with Crippen molar-refractivity contribution >= 4 is 11.9 Å². The molecule has 5 fully saturated rings. The molecule has 5 aliphatic rings. The number of epoxide rings is 1. The number of hydrogen-bond acceptors (Lipinski definition) is 6. The molecule has 2 saturated carbocycles. The van der Waals surface area contributed by atoms with E-state index in [-0.39, 0.29) is 18.4 Å². The quantitative estimate of drug-likeness (QED) is 0.414. The molecule has 0 aromatic rings. The molecule has 0 amide bonds. The first kappa shape index (κ1) is 12.2. The van der Waals surface area contributed by atoms with Gasteiger partial charge in [0.2, 0.25) is 5.60 Å². The lowest BCUT2D eigenvalue weighted by atomic mass is 9.53. The third kappa shape index (κ3) is 0.874. The predicted octanol–water partition coefficient (Wildman–Crippen LogP) is -0.0620. The van der Waals surface area contributed by atoms with Gasteiger partial charge in [0.1, 0.15) is 12.2 Å². The van der Waals surface area contributed by atoms with Crippen molar-refractivity contribution in [1.82, 2.24) is 0 Å². The fraction of sp³-hybridized carbons (Fsp3) is 0.733. The van der Waals surface area contributed by atoms with Gasteiger partial charge in [-0.15, -0.1) is 0 Å². The van der Waals surface area contributed by atoms with Gasteiger partial charge in [-0.05, 0) is 13.8 Å². The van der Waals surface area contributed by atoms with Crippen molar-refractivity contribution in [2.24, 2.45) is 17.3 Å². The number of fused-ring (bicyclic) bond motifs is 4. The summed E-state index contributed by atoms with van der Waals surface area (Å²) in [6.07, 6.45) is -1.34. The van der Waals surface area contributed by atoms with E-state index in [1.165, 1.54) is 0 Å². The third-order valence-electron chi connectivity index (χ3n) is 6.60. The lowest BCUT2D eigenvalue weighted by Gasteiger charge is -2.51. The second-order valence-electron chi connectivity index (χ2n) is 7.25. The van der Waals surface area contributed by atoms with Crippen LogP contribution in [0.3, 0.4) is 0 Å². The highest BCUT2D eigenvalue weighted by molar-refractivity contribution is 5.91. The molecule has 6 nitrogen and oxygen atoms in total. The van der Waals surface area contributed by atoms with E-state index in [2.05, 4.69) is 6.58 Å². The van der Waals surface area contributed by atoms with Crippen molar-refractivity contribution in [1.29, 1.82) is 0 Å². The van der Waals surface area contributed by atoms with Crippen LogP contribution in [-0.4, -0.2) is 46.6 Å². The van der Waals surface area contributed by atoms with Crippen LogP contribution in [0.1, 0.15) is 20.3 Å². The summed E-state index contributed by atoms with van der Waals surface area (Å²) < 4.78 is 16.6. The van der Waals surface area contributed by atoms with Crippen molar-refractivity contribution in [2.45, 2.75) is 49.8 Å². The van der Waals surface area contributed by atoms with Gasteiger partial charge < -0.3 is 19.3 Å². The molecule has 112 valence electrons. The fourth-order valence-corrected chi connectivity index (χ4v) is 5.59. The summed E-state index contributed by atoms with van der Waals surface area (Å²) in [6.45, 7) is 7.55. The van der Waals surface area contributed by atoms with E-state index in [1.807, 2.05) is 6.92 Å². The SMILES string of the molecule is C=C(C)C1[C@H]2OC(=O)[C@@H]1C1(O)C[C@H]3O[C@]34C(=O)O[C@H]2[C@]14C. The number of ether oxygens (including phenoxy) is 3. The minimum atomic E-state index is -1.35. The first-order valence-corrected chi connectivity index (χ1v) is 7.26. The van der Waals surface area contributed by atoms with E-state index < -0.39 is 46.7 Å². The molecule has 6 heteroatoms. The minimum absolute atomic E-state index is 0.269. The van der Waals surface area contributed by atoms with Crippen molar-refractivity contribution in [3.8, 4) is 0 Å². The van der Waals surface area contributed by atoms with E-state index in [1.54, 1.807) is 6.92 Å². The van der Waals surface area contributed by atoms with Crippen LogP contribution in [-0.2, 0) is 23.8 Å². The number of carbonyl (C=O) groups is 2. The molecule has 2 unspecified atom stereocenters. The van der Waals surface area contributed by atoms with E-state index >= 15 is 0 Å². The lowest BCUT2D eigenvalue weighted by molar-refractivity contribution is -0.195. The number of hydrogen-bond donors (Lipinski definition) is 1. The Kier molecular flexibility index (Phi) is 1.68. The van der Waals surface area contributed by atoms with Gasteiger partial charge in [-0.1, -0.05) is 12.2 Å². The van der Waals surface area contributed by atoms with Crippen molar-refractivity contribution in [3.63, 3.8) is 0 Å². The van der Waals surface area contributed by atoms with Gasteiger partial charge in [-0.3, -0.25) is 4.79 Å². The molecule has 5 rings (SSSR count). The molecular weight excluding hydrogens is 276 g/mol. The average Bonchev–Trinajstić information content (AvgIpc) is 2.86. The Bertz CT molecular complexity index is 642. The highest BCUT2D eigenvalue weighted by atomic mass is 16.7. The summed E-state index contributed by atoms with van der Waals surface area (Å²) >= 11 is 0. The van der Waals surface area contributed by atoms with E-state index in [9.17, 15) is 14.7 Å². The van der Waals surface area contributed by atoms with Crippen LogP contribution in [0.25, 0.3) is 0 Å². The van der Waals surface area contributed by atoms with Gasteiger partial charge in [0.25, 0.3) is 0 Å². The first-order chi connectivity index (χ1) is 9.79. The maximum absolute atomic E-state index is 12.3. The molecule has 3 heterocycles. The topological polar surface area (TPSA) is 85.4 Å². The summed E-state index contributed by atoms with van der Waals surface area (Å²) in [5.41, 5.74) is -2.60. The molecule has 0 radical (unpaired) electrons. The van der Waals surface area contributed by atoms with E-state index in [0.717, 1.165) is 5.57 Å². The van der Waals surface area contributed by atoms with Crippen LogP contribution in [0.15, 0.2) is 12.2 Å². The number of rotatable bonds is 1. The zero-order chi connectivity index (χ0) is 14.9. The molecule has 0 aromatic carbocycles. The fourth-order valence-electron chi connectivity index (χ4n) is 5.59. The highest BCUT2D eigenvalue weighted by Gasteiger charge is 2.95. The molecule has 21 heavy (non-hydrogen) atoms. The van der Waals surface area contributed by atoms with Gasteiger partial charge in [-0.25, -0.2) is 4.79 Å². The van der Waals surface area contributed by atoms with Crippen LogP contribution in [0.2, 0.25) is 0 Å². The van der Waals surface area contributed by atoms with Gasteiger partial charge in [-0.2, -0.15) is 0 Å². The Morgan fingerprint density at radius 3 is 2.76 bits per heavy atom. The molecule has 1 spiro atoms. The standard InChI is InChI=1S/C15H16O6/c1-5(2)7-8-11(16)19-9(7)10-13(3)14(8,18)4-6-15(13,21-6)12(17)20-10/h6-10,18H,1,4H2,2-3H3/t6-,7?,8-,9-,10-,13-,14?,15+/m1/s1. The van der Waals surface area contributed by atoms with Crippen LogP contribution < -0.4 is 0 Å². The monoisotopic (exact) mass is 292 g/mol. The second kappa shape index (κ2) is 2.90. The molecule has 1 N–H and O–H groups in total. The average molecular weight is 292 g/mol. The first-order valence-electron chi connectivity index (χ1n) is 7.26. The van der Waals surface area contributed by atoms with Crippen molar-refractivity contribution < 1.29 is 28.9 Å². The summed E-state index contributed by atoms with van der Waals surface area (Å²) in [5, 5.41) is 11.4. The summed E-state index contributed by atoms with van der Waals surface area (Å²) in [5.74, 6) is -1.86. The van der Waals surface area contributed by atoms with E-state index in [4.69, 9.17) is 14.2 Å². The van der Waals surface area contributed by atoms with Gasteiger partial charge >= 0.3 is 11.9 Å². The third-order valence-corrected chi connectivity index (χ3v) is 6.60. The normalized spacial score (nSPS) is 62.0. The Labute approximate surface area is 121 Å². The molecular formula is C15H16O6. The molecule has 3 saturated heterocycles. The highest BCUT2D eigenvalue weighted by Crippen LogP contribution is 2.76. The Hall–Kier alpha value is -1.40. The molecule has 2 bridgehead atoms. The van der Waals surface area contributed by atoms with E-state index in [0.29, 0.717) is 0 Å². The number of carbonyl (C=O) groups excluding carboxylic acids is 2. The Morgan fingerprint density at radius 1 is 1.38 bits per heavy atom. The summed E-state index contributed by atoms with van der Waals surface area (Å²) in [7, 11) is 0. The molecule has 3 aliphatic heterocycles. The summed E-state index contributed by atoms with van der Waals surface area (Å²) in [6, 6.07) is 0. The van der Waals surface area contributed by atoms with Crippen LogP contribution >= 0.6 is 0 Å². The number of esters is 2. The minimum Gasteiger partial charge on any atom is -0.457 e. The van der Waals surface area contributed by atoms with Crippen LogP contribution in [0, 0.1) is 17.3 Å². The largest absolute Gasteiger partial charge is 0.457 e. The van der Waals surface area contributed by atoms with Gasteiger partial charge in [0.15, 0.2) is 6.10 Å². The lowest BCUT2D eigenvalue weighted by Crippen LogP contribution is -2.66. The number of aliphatic hydroxyl groups is 1. The maximum Gasteiger partial charge on any atom is 0.342 e. The van der Waals surface area contributed by atoms with Gasteiger partial charge in [0, 0.05) is 12.3 Å². The molecule has 0 aromatic heterocycles. The van der Waals surface area contributed by atoms with Crippen LogP contribution in [0.4, 0.5) is 0 Å². The Balaban J connectivity index is 1.78.